The Morgan fingerprint density at radius 1 is 1.50 bits per heavy atom. The van der Waals surface area contributed by atoms with E-state index in [0.717, 1.165) is 6.42 Å². The molecule has 0 aliphatic heterocycles. The van der Waals surface area contributed by atoms with E-state index in [-0.39, 0.29) is 12.5 Å². The van der Waals surface area contributed by atoms with Crippen LogP contribution in [0.15, 0.2) is 0 Å². The minimum Gasteiger partial charge on any atom is -0.479 e. The SMILES string of the molecule is COCC(C)(NC(=O)CCC1CC1)C(=O)O. The molecule has 1 unspecified atom stereocenters. The van der Waals surface area contributed by atoms with E-state index in [4.69, 9.17) is 9.84 Å². The number of hydrogen-bond donors (Lipinski definition) is 2. The third-order valence-electron chi connectivity index (χ3n) is 2.80. The van der Waals surface area contributed by atoms with Crippen LogP contribution in [0.1, 0.15) is 32.6 Å². The van der Waals surface area contributed by atoms with Gasteiger partial charge in [0.05, 0.1) is 6.61 Å². The molecule has 0 bridgehead atoms. The Bertz CT molecular complexity index is 275. The molecule has 5 heteroatoms. The number of hydrogen-bond acceptors (Lipinski definition) is 3. The van der Waals surface area contributed by atoms with Crippen LogP contribution in [0.4, 0.5) is 0 Å². The lowest BCUT2D eigenvalue weighted by molar-refractivity contribution is -0.149. The highest BCUT2D eigenvalue weighted by atomic mass is 16.5. The van der Waals surface area contributed by atoms with E-state index in [2.05, 4.69) is 5.32 Å². The Morgan fingerprint density at radius 2 is 2.12 bits per heavy atom. The molecule has 0 spiro atoms. The van der Waals surface area contributed by atoms with Crippen LogP contribution in [0.5, 0.6) is 0 Å². The second-order valence-electron chi connectivity index (χ2n) is 4.60. The summed E-state index contributed by atoms with van der Waals surface area (Å²) in [7, 11) is 1.41. The Balaban J connectivity index is 2.39. The summed E-state index contributed by atoms with van der Waals surface area (Å²) < 4.78 is 4.81. The third kappa shape index (κ3) is 3.81. The van der Waals surface area contributed by atoms with Crippen LogP contribution in [0, 0.1) is 5.92 Å². The van der Waals surface area contributed by atoms with Crippen molar-refractivity contribution in [1.82, 2.24) is 5.32 Å². The van der Waals surface area contributed by atoms with E-state index in [1.807, 2.05) is 0 Å². The molecule has 1 rings (SSSR count). The number of rotatable bonds is 7. The molecule has 0 radical (unpaired) electrons. The van der Waals surface area contributed by atoms with Gasteiger partial charge in [-0.3, -0.25) is 4.79 Å². The zero-order valence-electron chi connectivity index (χ0n) is 9.78. The Morgan fingerprint density at radius 3 is 2.56 bits per heavy atom. The lowest BCUT2D eigenvalue weighted by Crippen LogP contribution is -2.55. The molecule has 2 N–H and O–H groups in total. The van der Waals surface area contributed by atoms with Crippen LogP contribution in [-0.4, -0.2) is 36.2 Å². The normalized spacial score (nSPS) is 18.9. The molecule has 0 aromatic heterocycles. The molecule has 92 valence electrons. The smallest absolute Gasteiger partial charge is 0.331 e. The molecule has 0 heterocycles. The summed E-state index contributed by atoms with van der Waals surface area (Å²) in [6, 6.07) is 0. The van der Waals surface area contributed by atoms with Crippen molar-refractivity contribution in [2.24, 2.45) is 5.92 Å². The summed E-state index contributed by atoms with van der Waals surface area (Å²) in [6.45, 7) is 1.42. The molecule has 0 aromatic carbocycles. The van der Waals surface area contributed by atoms with Crippen molar-refractivity contribution in [2.45, 2.75) is 38.1 Å². The van der Waals surface area contributed by atoms with Gasteiger partial charge in [0.2, 0.25) is 5.91 Å². The zero-order chi connectivity index (χ0) is 12.2. The van der Waals surface area contributed by atoms with E-state index in [1.54, 1.807) is 0 Å². The van der Waals surface area contributed by atoms with Gasteiger partial charge < -0.3 is 15.2 Å². The molecule has 1 amide bonds. The molecule has 0 aromatic rings. The van der Waals surface area contributed by atoms with Crippen LogP contribution in [0.25, 0.3) is 0 Å². The van der Waals surface area contributed by atoms with Crippen LogP contribution >= 0.6 is 0 Å². The van der Waals surface area contributed by atoms with Gasteiger partial charge in [-0.1, -0.05) is 12.8 Å². The summed E-state index contributed by atoms with van der Waals surface area (Å²) in [5, 5.41) is 11.5. The van der Waals surface area contributed by atoms with Crippen molar-refractivity contribution in [2.75, 3.05) is 13.7 Å². The Hall–Kier alpha value is -1.10. The van der Waals surface area contributed by atoms with Crippen molar-refractivity contribution >= 4 is 11.9 Å². The summed E-state index contributed by atoms with van der Waals surface area (Å²) in [5.41, 5.74) is -1.32. The first-order valence-electron chi connectivity index (χ1n) is 5.51. The molecular formula is C11H19NO4. The lowest BCUT2D eigenvalue weighted by atomic mass is 10.0. The van der Waals surface area contributed by atoms with E-state index in [0.29, 0.717) is 12.3 Å². The summed E-state index contributed by atoms with van der Waals surface area (Å²) >= 11 is 0. The first-order chi connectivity index (χ1) is 7.48. The summed E-state index contributed by atoms with van der Waals surface area (Å²) in [6.07, 6.45) is 3.65. The minimum absolute atomic E-state index is 0.0303. The Labute approximate surface area is 95.2 Å². The standard InChI is InChI=1S/C11H19NO4/c1-11(7-16-2,10(14)15)12-9(13)6-5-8-3-4-8/h8H,3-7H2,1-2H3,(H,12,13)(H,14,15). The first kappa shape index (κ1) is 13.0. The van der Waals surface area contributed by atoms with Crippen LogP contribution in [0.2, 0.25) is 0 Å². The average Bonchev–Trinajstić information content (AvgIpc) is 2.98. The van der Waals surface area contributed by atoms with E-state index >= 15 is 0 Å². The highest BCUT2D eigenvalue weighted by Crippen LogP contribution is 2.33. The van der Waals surface area contributed by atoms with Gasteiger partial charge in [0, 0.05) is 13.5 Å². The maximum atomic E-state index is 11.5. The fraction of sp³-hybridized carbons (Fsp3) is 0.818. The van der Waals surface area contributed by atoms with E-state index < -0.39 is 11.5 Å². The molecule has 1 saturated carbocycles. The molecule has 1 atom stereocenters. The van der Waals surface area contributed by atoms with Gasteiger partial charge >= 0.3 is 5.97 Å². The number of carbonyl (C=O) groups is 2. The highest BCUT2D eigenvalue weighted by molar-refractivity contribution is 5.86. The number of carboxylic acids is 1. The van der Waals surface area contributed by atoms with Gasteiger partial charge in [-0.2, -0.15) is 0 Å². The van der Waals surface area contributed by atoms with Gasteiger partial charge in [0.15, 0.2) is 5.54 Å². The number of carbonyl (C=O) groups excluding carboxylic acids is 1. The molecule has 1 aliphatic rings. The highest BCUT2D eigenvalue weighted by Gasteiger charge is 2.35. The Kier molecular flexibility index (Phi) is 4.29. The van der Waals surface area contributed by atoms with E-state index in [1.165, 1.54) is 26.9 Å². The monoisotopic (exact) mass is 229 g/mol. The van der Waals surface area contributed by atoms with Gasteiger partial charge in [0.25, 0.3) is 0 Å². The fourth-order valence-corrected chi connectivity index (χ4v) is 1.55. The predicted octanol–water partition coefficient (Wildman–Crippen LogP) is 0.782. The molecule has 16 heavy (non-hydrogen) atoms. The third-order valence-corrected chi connectivity index (χ3v) is 2.80. The fourth-order valence-electron chi connectivity index (χ4n) is 1.55. The first-order valence-corrected chi connectivity index (χ1v) is 5.51. The van der Waals surface area contributed by atoms with Crippen LogP contribution < -0.4 is 5.32 Å². The van der Waals surface area contributed by atoms with Gasteiger partial charge in [-0.15, -0.1) is 0 Å². The summed E-state index contributed by atoms with van der Waals surface area (Å²) in [4.78, 5) is 22.5. The number of carboxylic acid groups (broad SMARTS) is 1. The number of ether oxygens (including phenoxy) is 1. The average molecular weight is 229 g/mol. The van der Waals surface area contributed by atoms with Crippen molar-refractivity contribution < 1.29 is 19.4 Å². The minimum atomic E-state index is -1.32. The predicted molar refractivity (Wildman–Crippen MR) is 58.0 cm³/mol. The van der Waals surface area contributed by atoms with Crippen molar-refractivity contribution in [3.05, 3.63) is 0 Å². The molecule has 0 saturated heterocycles. The van der Waals surface area contributed by atoms with Gasteiger partial charge in [0.1, 0.15) is 0 Å². The second-order valence-corrected chi connectivity index (χ2v) is 4.60. The number of aliphatic carboxylic acids is 1. The number of amides is 1. The lowest BCUT2D eigenvalue weighted by Gasteiger charge is -2.25. The quantitative estimate of drug-likeness (QED) is 0.676. The molecule has 5 nitrogen and oxygen atoms in total. The molecular weight excluding hydrogens is 210 g/mol. The van der Waals surface area contributed by atoms with Gasteiger partial charge in [-0.05, 0) is 19.3 Å². The van der Waals surface area contributed by atoms with Gasteiger partial charge in [-0.25, -0.2) is 4.79 Å². The van der Waals surface area contributed by atoms with Crippen molar-refractivity contribution in [3.8, 4) is 0 Å². The maximum absolute atomic E-state index is 11.5. The van der Waals surface area contributed by atoms with Crippen molar-refractivity contribution in [3.63, 3.8) is 0 Å². The number of methoxy groups -OCH3 is 1. The van der Waals surface area contributed by atoms with Crippen LogP contribution in [-0.2, 0) is 14.3 Å². The topological polar surface area (TPSA) is 75.6 Å². The largest absolute Gasteiger partial charge is 0.479 e. The number of nitrogens with one attached hydrogen (secondary N) is 1. The zero-order valence-corrected chi connectivity index (χ0v) is 9.78. The van der Waals surface area contributed by atoms with Crippen molar-refractivity contribution in [1.29, 1.82) is 0 Å². The summed E-state index contributed by atoms with van der Waals surface area (Å²) in [5.74, 6) is -0.618. The van der Waals surface area contributed by atoms with Crippen LogP contribution in [0.3, 0.4) is 0 Å². The second kappa shape index (κ2) is 5.30. The molecule has 1 fully saturated rings. The van der Waals surface area contributed by atoms with E-state index in [9.17, 15) is 9.59 Å². The molecule has 1 aliphatic carbocycles. The maximum Gasteiger partial charge on any atom is 0.331 e.